The van der Waals surface area contributed by atoms with Gasteiger partial charge in [0.15, 0.2) is 0 Å². The fourth-order valence-electron chi connectivity index (χ4n) is 2.31. The Labute approximate surface area is 82.7 Å². The van der Waals surface area contributed by atoms with Gasteiger partial charge in [-0.3, -0.25) is 4.99 Å². The molecule has 2 aliphatic rings. The summed E-state index contributed by atoms with van der Waals surface area (Å²) in [4.78, 5) is 6.56. The predicted octanol–water partition coefficient (Wildman–Crippen LogP) is 1.33. The lowest BCUT2D eigenvalue weighted by atomic mass is 9.93. The van der Waals surface area contributed by atoms with E-state index < -0.39 is 0 Å². The Bertz CT molecular complexity index is 400. The summed E-state index contributed by atoms with van der Waals surface area (Å²) in [5.41, 5.74) is 2.60. The monoisotopic (exact) mass is 188 g/mol. The number of fused-ring (bicyclic) bond motifs is 3. The minimum absolute atomic E-state index is 0.371. The van der Waals surface area contributed by atoms with Gasteiger partial charge in [-0.15, -0.1) is 0 Å². The van der Waals surface area contributed by atoms with Crippen molar-refractivity contribution in [1.82, 2.24) is 4.90 Å². The van der Waals surface area contributed by atoms with Gasteiger partial charge in [-0.2, -0.15) is 0 Å². The first kappa shape index (κ1) is 7.85. The number of aliphatic imine (C=N–C) groups is 1. The summed E-state index contributed by atoms with van der Waals surface area (Å²) in [5.74, 6) is 0.371. The van der Waals surface area contributed by atoms with E-state index in [1.54, 1.807) is 6.07 Å². The number of rotatable bonds is 0. The van der Waals surface area contributed by atoms with E-state index in [4.69, 9.17) is 0 Å². The van der Waals surface area contributed by atoms with Gasteiger partial charge in [0.1, 0.15) is 5.75 Å². The van der Waals surface area contributed by atoms with Gasteiger partial charge in [-0.1, -0.05) is 6.07 Å². The molecule has 0 saturated heterocycles. The first-order chi connectivity index (χ1) is 6.84. The second kappa shape index (κ2) is 2.74. The Morgan fingerprint density at radius 2 is 2.36 bits per heavy atom. The normalized spacial score (nSPS) is 23.4. The SMILES string of the molecule is Oc1ccc2c(c1)CCN1C=NCC21. The molecule has 0 spiro atoms. The predicted molar refractivity (Wildman–Crippen MR) is 54.6 cm³/mol. The topological polar surface area (TPSA) is 35.8 Å². The van der Waals surface area contributed by atoms with E-state index in [0.717, 1.165) is 19.5 Å². The quantitative estimate of drug-likeness (QED) is 0.666. The van der Waals surface area contributed by atoms with Crippen molar-refractivity contribution in [3.05, 3.63) is 29.3 Å². The van der Waals surface area contributed by atoms with E-state index in [2.05, 4.69) is 9.89 Å². The third-order valence-electron chi connectivity index (χ3n) is 3.03. The third kappa shape index (κ3) is 1.02. The highest BCUT2D eigenvalue weighted by Crippen LogP contribution is 2.33. The zero-order valence-corrected chi connectivity index (χ0v) is 7.85. The lowest BCUT2D eigenvalue weighted by Gasteiger charge is -2.31. The molecule has 3 nitrogen and oxygen atoms in total. The highest BCUT2D eigenvalue weighted by atomic mass is 16.3. The fraction of sp³-hybridized carbons (Fsp3) is 0.364. The molecular formula is C11H12N2O. The molecule has 0 aliphatic carbocycles. The molecule has 0 saturated carbocycles. The van der Waals surface area contributed by atoms with Crippen molar-refractivity contribution >= 4 is 6.34 Å². The van der Waals surface area contributed by atoms with Gasteiger partial charge in [0.05, 0.1) is 18.9 Å². The minimum Gasteiger partial charge on any atom is -0.508 e. The number of aromatic hydroxyl groups is 1. The molecule has 1 aromatic rings. The molecule has 2 heterocycles. The molecule has 2 aliphatic heterocycles. The Kier molecular flexibility index (Phi) is 1.54. The van der Waals surface area contributed by atoms with Gasteiger partial charge >= 0.3 is 0 Å². The van der Waals surface area contributed by atoms with Crippen LogP contribution in [0.25, 0.3) is 0 Å². The van der Waals surface area contributed by atoms with Crippen LogP contribution in [0.5, 0.6) is 5.75 Å². The summed E-state index contributed by atoms with van der Waals surface area (Å²) in [5, 5.41) is 9.38. The average molecular weight is 188 g/mol. The molecule has 0 fully saturated rings. The molecule has 72 valence electrons. The zero-order chi connectivity index (χ0) is 9.54. The van der Waals surface area contributed by atoms with Crippen LogP contribution in [-0.4, -0.2) is 29.4 Å². The van der Waals surface area contributed by atoms with Gasteiger partial charge in [0.2, 0.25) is 0 Å². The summed E-state index contributed by atoms with van der Waals surface area (Å²) >= 11 is 0. The number of phenols is 1. The molecule has 1 N–H and O–H groups in total. The smallest absolute Gasteiger partial charge is 0.115 e. The first-order valence-electron chi connectivity index (χ1n) is 4.92. The Morgan fingerprint density at radius 3 is 3.29 bits per heavy atom. The van der Waals surface area contributed by atoms with Crippen LogP contribution in [0.2, 0.25) is 0 Å². The van der Waals surface area contributed by atoms with Crippen LogP contribution in [0.1, 0.15) is 17.2 Å². The Morgan fingerprint density at radius 1 is 1.43 bits per heavy atom. The van der Waals surface area contributed by atoms with Gasteiger partial charge < -0.3 is 10.0 Å². The van der Waals surface area contributed by atoms with Gasteiger partial charge in [-0.05, 0) is 29.7 Å². The lowest BCUT2D eigenvalue weighted by molar-refractivity contribution is 0.338. The molecule has 0 amide bonds. The standard InChI is InChI=1S/C11H12N2O/c14-9-1-2-10-8(5-9)3-4-13-7-12-6-11(10)13/h1-2,5,7,11,14H,3-4,6H2. The largest absolute Gasteiger partial charge is 0.508 e. The number of benzene rings is 1. The van der Waals surface area contributed by atoms with E-state index >= 15 is 0 Å². The van der Waals surface area contributed by atoms with Crippen LogP contribution in [0, 0.1) is 0 Å². The van der Waals surface area contributed by atoms with Gasteiger partial charge in [0, 0.05) is 6.54 Å². The molecule has 0 radical (unpaired) electrons. The van der Waals surface area contributed by atoms with E-state index in [1.165, 1.54) is 11.1 Å². The van der Waals surface area contributed by atoms with E-state index in [0.29, 0.717) is 11.8 Å². The Balaban J connectivity index is 2.07. The van der Waals surface area contributed by atoms with Crippen molar-refractivity contribution in [2.45, 2.75) is 12.5 Å². The third-order valence-corrected chi connectivity index (χ3v) is 3.03. The van der Waals surface area contributed by atoms with Crippen LogP contribution in [-0.2, 0) is 6.42 Å². The summed E-state index contributed by atoms with van der Waals surface area (Å²) in [6.07, 6.45) is 2.95. The highest BCUT2D eigenvalue weighted by Gasteiger charge is 2.28. The van der Waals surface area contributed by atoms with Crippen molar-refractivity contribution in [1.29, 1.82) is 0 Å². The van der Waals surface area contributed by atoms with Crippen molar-refractivity contribution in [2.24, 2.45) is 4.99 Å². The zero-order valence-electron chi connectivity index (χ0n) is 7.85. The average Bonchev–Trinajstić information content (AvgIpc) is 2.65. The Hall–Kier alpha value is -1.51. The summed E-state index contributed by atoms with van der Waals surface area (Å²) in [7, 11) is 0. The maximum Gasteiger partial charge on any atom is 0.115 e. The summed E-state index contributed by atoms with van der Waals surface area (Å²) in [6.45, 7) is 1.88. The van der Waals surface area contributed by atoms with E-state index in [1.807, 2.05) is 18.5 Å². The maximum absolute atomic E-state index is 9.38. The van der Waals surface area contributed by atoms with Crippen LogP contribution >= 0.6 is 0 Å². The summed E-state index contributed by atoms with van der Waals surface area (Å²) in [6, 6.07) is 6.08. The first-order valence-corrected chi connectivity index (χ1v) is 4.92. The van der Waals surface area contributed by atoms with Crippen molar-refractivity contribution in [3.8, 4) is 5.75 Å². The van der Waals surface area contributed by atoms with Crippen LogP contribution in [0.3, 0.4) is 0 Å². The number of hydrogen-bond donors (Lipinski definition) is 1. The second-order valence-corrected chi connectivity index (χ2v) is 3.87. The van der Waals surface area contributed by atoms with E-state index in [9.17, 15) is 5.11 Å². The molecule has 1 unspecified atom stereocenters. The van der Waals surface area contributed by atoms with Crippen LogP contribution in [0.4, 0.5) is 0 Å². The molecule has 0 aromatic heterocycles. The van der Waals surface area contributed by atoms with Crippen LogP contribution in [0.15, 0.2) is 23.2 Å². The van der Waals surface area contributed by atoms with E-state index in [-0.39, 0.29) is 0 Å². The highest BCUT2D eigenvalue weighted by molar-refractivity contribution is 5.60. The van der Waals surface area contributed by atoms with Crippen molar-refractivity contribution in [3.63, 3.8) is 0 Å². The number of nitrogens with zero attached hydrogens (tertiary/aromatic N) is 2. The maximum atomic E-state index is 9.38. The van der Waals surface area contributed by atoms with Crippen molar-refractivity contribution in [2.75, 3.05) is 13.1 Å². The minimum atomic E-state index is 0.371. The van der Waals surface area contributed by atoms with Crippen LogP contribution < -0.4 is 0 Å². The van der Waals surface area contributed by atoms with Crippen molar-refractivity contribution < 1.29 is 5.11 Å². The molecule has 0 bridgehead atoms. The number of phenolic OH excluding ortho intramolecular Hbond substituents is 1. The molecule has 1 atom stereocenters. The lowest BCUT2D eigenvalue weighted by Crippen LogP contribution is -2.31. The van der Waals surface area contributed by atoms with Gasteiger partial charge in [0.25, 0.3) is 0 Å². The summed E-state index contributed by atoms with van der Waals surface area (Å²) < 4.78 is 0. The fourth-order valence-corrected chi connectivity index (χ4v) is 2.31. The molecule has 3 rings (SSSR count). The molecule has 14 heavy (non-hydrogen) atoms. The molecule has 1 aromatic carbocycles. The number of hydrogen-bond acceptors (Lipinski definition) is 3. The molecule has 3 heteroatoms. The molecular weight excluding hydrogens is 176 g/mol. The second-order valence-electron chi connectivity index (χ2n) is 3.87. The van der Waals surface area contributed by atoms with Gasteiger partial charge in [-0.25, -0.2) is 0 Å².